The first kappa shape index (κ1) is 44.6. The lowest BCUT2D eigenvalue weighted by molar-refractivity contribution is -0.154. The second-order valence-corrected chi connectivity index (χ2v) is 13.3. The van der Waals surface area contributed by atoms with E-state index in [0.717, 1.165) is 25.7 Å². The molecule has 0 rings (SSSR count). The zero-order chi connectivity index (χ0) is 33.4. The van der Waals surface area contributed by atoms with Crippen LogP contribution in [-0.4, -0.2) is 37.0 Å². The van der Waals surface area contributed by atoms with E-state index in [1.807, 2.05) is 0 Å². The fourth-order valence-electron chi connectivity index (χ4n) is 5.65. The van der Waals surface area contributed by atoms with Gasteiger partial charge in [-0.05, 0) is 70.6 Å². The summed E-state index contributed by atoms with van der Waals surface area (Å²) in [6, 6.07) is 0. The number of aliphatic hydroxyl groups is 1. The van der Waals surface area contributed by atoms with E-state index in [1.54, 1.807) is 0 Å². The fraction of sp³-hybridized carbons (Fsp3) is 0.833. The highest BCUT2D eigenvalue weighted by atomic mass is 16.6. The maximum atomic E-state index is 12.1. The highest BCUT2D eigenvalue weighted by Gasteiger charge is 2.13. The number of esters is 1. The molecule has 0 heterocycles. The van der Waals surface area contributed by atoms with E-state index in [1.165, 1.54) is 154 Å². The number of carbonyl (C=O) groups is 1. The number of rotatable bonds is 37. The van der Waals surface area contributed by atoms with Gasteiger partial charge in [-0.25, -0.2) is 0 Å². The molecule has 1 unspecified atom stereocenters. The van der Waals surface area contributed by atoms with Crippen LogP contribution in [0.3, 0.4) is 0 Å². The van der Waals surface area contributed by atoms with Crippen LogP contribution in [0.25, 0.3) is 0 Å². The van der Waals surface area contributed by atoms with Crippen molar-refractivity contribution in [1.29, 1.82) is 0 Å². The second kappa shape index (κ2) is 39.8. The van der Waals surface area contributed by atoms with E-state index < -0.39 is 6.10 Å². The van der Waals surface area contributed by atoms with Crippen LogP contribution in [0.5, 0.6) is 0 Å². The van der Waals surface area contributed by atoms with Crippen LogP contribution in [0, 0.1) is 0 Å². The van der Waals surface area contributed by atoms with Crippen molar-refractivity contribution in [3.05, 3.63) is 36.5 Å². The van der Waals surface area contributed by atoms with Crippen molar-refractivity contribution in [2.24, 2.45) is 0 Å². The first-order valence-electron chi connectivity index (χ1n) is 20.1. The van der Waals surface area contributed by atoms with E-state index in [4.69, 9.17) is 9.47 Å². The van der Waals surface area contributed by atoms with Crippen LogP contribution in [0.15, 0.2) is 36.5 Å². The van der Waals surface area contributed by atoms with Crippen LogP contribution >= 0.6 is 0 Å². The van der Waals surface area contributed by atoms with E-state index in [9.17, 15) is 9.90 Å². The summed E-state index contributed by atoms with van der Waals surface area (Å²) in [7, 11) is 0. The molecule has 0 aromatic heterocycles. The normalized spacial score (nSPS) is 12.7. The van der Waals surface area contributed by atoms with Crippen molar-refractivity contribution in [1.82, 2.24) is 0 Å². The Morgan fingerprint density at radius 2 is 0.913 bits per heavy atom. The summed E-state index contributed by atoms with van der Waals surface area (Å²) >= 11 is 0. The zero-order valence-electron chi connectivity index (χ0n) is 30.8. The van der Waals surface area contributed by atoms with Crippen molar-refractivity contribution in [3.8, 4) is 0 Å². The zero-order valence-corrected chi connectivity index (χ0v) is 30.8. The molecule has 0 aliphatic rings. The molecule has 1 N–H and O–H groups in total. The molecular formula is C42H78O4. The first-order valence-corrected chi connectivity index (χ1v) is 20.1. The van der Waals surface area contributed by atoms with Gasteiger partial charge in [0.2, 0.25) is 0 Å². The predicted molar refractivity (Wildman–Crippen MR) is 200 cm³/mol. The first-order chi connectivity index (χ1) is 22.7. The average molecular weight is 647 g/mol. The van der Waals surface area contributed by atoms with Gasteiger partial charge in [-0.2, -0.15) is 0 Å². The number of aliphatic hydroxyl groups excluding tert-OH is 1. The Morgan fingerprint density at radius 3 is 1.41 bits per heavy atom. The minimum Gasteiger partial charge on any atom is -0.457 e. The largest absolute Gasteiger partial charge is 0.457 e. The van der Waals surface area contributed by atoms with E-state index >= 15 is 0 Å². The number of unbranched alkanes of at least 4 members (excludes halogenated alkanes) is 23. The van der Waals surface area contributed by atoms with Gasteiger partial charge in [0, 0.05) is 13.0 Å². The quantitative estimate of drug-likeness (QED) is 0.0414. The number of allylic oxidation sites excluding steroid dienone is 6. The van der Waals surface area contributed by atoms with Crippen molar-refractivity contribution in [2.45, 2.75) is 206 Å². The lowest BCUT2D eigenvalue weighted by Crippen LogP contribution is -2.27. The molecule has 0 aromatic rings. The van der Waals surface area contributed by atoms with Gasteiger partial charge < -0.3 is 14.6 Å². The van der Waals surface area contributed by atoms with Gasteiger partial charge in [-0.1, -0.05) is 159 Å². The van der Waals surface area contributed by atoms with Gasteiger partial charge in [-0.3, -0.25) is 4.79 Å². The van der Waals surface area contributed by atoms with E-state index in [0.29, 0.717) is 19.6 Å². The number of hydrogen-bond donors (Lipinski definition) is 1. The third-order valence-corrected chi connectivity index (χ3v) is 8.69. The highest BCUT2D eigenvalue weighted by molar-refractivity contribution is 5.69. The second-order valence-electron chi connectivity index (χ2n) is 13.3. The molecule has 0 bridgehead atoms. The molecular weight excluding hydrogens is 568 g/mol. The van der Waals surface area contributed by atoms with Crippen LogP contribution in [0.2, 0.25) is 0 Å². The van der Waals surface area contributed by atoms with Crippen molar-refractivity contribution in [2.75, 3.05) is 19.8 Å². The molecule has 0 radical (unpaired) electrons. The van der Waals surface area contributed by atoms with Crippen LogP contribution in [0.4, 0.5) is 0 Å². The summed E-state index contributed by atoms with van der Waals surface area (Å²) in [5, 5.41) is 9.56. The van der Waals surface area contributed by atoms with Crippen LogP contribution in [-0.2, 0) is 14.3 Å². The predicted octanol–water partition coefficient (Wildman–Crippen LogP) is 12.9. The summed E-state index contributed by atoms with van der Waals surface area (Å²) in [6.07, 6.45) is 49.1. The molecule has 46 heavy (non-hydrogen) atoms. The molecule has 0 aliphatic carbocycles. The van der Waals surface area contributed by atoms with E-state index in [2.05, 4.69) is 50.3 Å². The monoisotopic (exact) mass is 647 g/mol. The van der Waals surface area contributed by atoms with Gasteiger partial charge in [0.15, 0.2) is 0 Å². The summed E-state index contributed by atoms with van der Waals surface area (Å²) in [5.41, 5.74) is 0. The Bertz CT molecular complexity index is 683. The topological polar surface area (TPSA) is 55.8 Å². The molecule has 4 heteroatoms. The van der Waals surface area contributed by atoms with Gasteiger partial charge in [0.1, 0.15) is 6.10 Å². The lowest BCUT2D eigenvalue weighted by Gasteiger charge is -2.15. The Hall–Kier alpha value is -1.39. The molecule has 1 atom stereocenters. The maximum absolute atomic E-state index is 12.1. The Kier molecular flexibility index (Phi) is 38.6. The maximum Gasteiger partial charge on any atom is 0.306 e. The molecule has 0 aliphatic heterocycles. The minimum atomic E-state index is -0.537. The average Bonchev–Trinajstić information content (AvgIpc) is 3.06. The Balaban J connectivity index is 3.42. The lowest BCUT2D eigenvalue weighted by atomic mass is 10.1. The summed E-state index contributed by atoms with van der Waals surface area (Å²) in [6.45, 7) is 5.30. The fourth-order valence-corrected chi connectivity index (χ4v) is 5.65. The third-order valence-electron chi connectivity index (χ3n) is 8.69. The number of ether oxygens (including phenoxy) is 2. The van der Waals surface area contributed by atoms with Gasteiger partial charge in [-0.15, -0.1) is 0 Å². The standard InChI is InChI=1S/C42H78O4/c1-3-5-7-9-11-13-15-17-18-19-20-21-22-23-24-25-26-28-30-32-34-36-38-45-40-41(39-43)46-42(44)37-35-33-31-29-27-16-14-12-10-8-6-4-2/h12,14-15,17,19-20,41,43H,3-11,13,16,18,21-40H2,1-2H3/b14-12-,17-15-,20-19-. The molecule has 0 saturated carbocycles. The summed E-state index contributed by atoms with van der Waals surface area (Å²) < 4.78 is 11.1. The minimum absolute atomic E-state index is 0.175. The van der Waals surface area contributed by atoms with Crippen molar-refractivity contribution >= 4 is 5.97 Å². The molecule has 0 amide bonds. The van der Waals surface area contributed by atoms with Gasteiger partial charge in [0.25, 0.3) is 0 Å². The molecule has 4 nitrogen and oxygen atoms in total. The smallest absolute Gasteiger partial charge is 0.306 e. The van der Waals surface area contributed by atoms with Crippen LogP contribution < -0.4 is 0 Å². The molecule has 0 saturated heterocycles. The highest BCUT2D eigenvalue weighted by Crippen LogP contribution is 2.13. The Labute approximate surface area is 287 Å². The molecule has 0 spiro atoms. The Morgan fingerprint density at radius 1 is 0.522 bits per heavy atom. The third kappa shape index (κ3) is 37.1. The number of hydrogen-bond acceptors (Lipinski definition) is 4. The van der Waals surface area contributed by atoms with Crippen LogP contribution in [0.1, 0.15) is 200 Å². The van der Waals surface area contributed by atoms with E-state index in [-0.39, 0.29) is 12.6 Å². The summed E-state index contributed by atoms with van der Waals surface area (Å²) in [5.74, 6) is -0.212. The van der Waals surface area contributed by atoms with Crippen molar-refractivity contribution < 1.29 is 19.4 Å². The SMILES string of the molecule is CCCCC/C=C\CCCCCCCC(=O)OC(CO)COCCCCCCCCCCCC/C=C\C/C=C\CCCCCCC. The van der Waals surface area contributed by atoms with Gasteiger partial charge in [0.05, 0.1) is 13.2 Å². The van der Waals surface area contributed by atoms with Crippen molar-refractivity contribution in [3.63, 3.8) is 0 Å². The molecule has 0 aromatic carbocycles. The molecule has 0 fully saturated rings. The summed E-state index contributed by atoms with van der Waals surface area (Å²) in [4.78, 5) is 12.1. The number of carbonyl (C=O) groups excluding carboxylic acids is 1. The molecule has 270 valence electrons. The van der Waals surface area contributed by atoms with Gasteiger partial charge >= 0.3 is 5.97 Å².